The molecule has 0 saturated carbocycles. The summed E-state index contributed by atoms with van der Waals surface area (Å²) in [5.74, 6) is -0.540. The van der Waals surface area contributed by atoms with Gasteiger partial charge in [-0.3, -0.25) is 9.69 Å². The lowest BCUT2D eigenvalue weighted by Crippen LogP contribution is -2.32. The highest BCUT2D eigenvalue weighted by Gasteiger charge is 2.38. The molecule has 4 N–H and O–H groups in total. The number of rotatable bonds is 6. The Labute approximate surface area is 171 Å². The molecule has 9 nitrogen and oxygen atoms in total. The SMILES string of the molecule is Nc1nc(CN2C(=O)NC(Cc3ccccc3)C2=O)nc(Nc2ccc(F)cc2)n1. The molecule has 30 heavy (non-hydrogen) atoms. The van der Waals surface area contributed by atoms with E-state index in [1.807, 2.05) is 30.3 Å². The third-order valence-corrected chi connectivity index (χ3v) is 4.49. The highest BCUT2D eigenvalue weighted by atomic mass is 19.1. The topological polar surface area (TPSA) is 126 Å². The maximum atomic E-state index is 13.1. The number of hydrogen-bond acceptors (Lipinski definition) is 7. The van der Waals surface area contributed by atoms with Gasteiger partial charge in [0.15, 0.2) is 5.82 Å². The number of nitrogens with two attached hydrogens (primary N) is 1. The predicted octanol–water partition coefficient (Wildman–Crippen LogP) is 2.00. The number of hydrogen-bond donors (Lipinski definition) is 3. The molecule has 1 fully saturated rings. The zero-order chi connectivity index (χ0) is 21.1. The molecule has 0 spiro atoms. The van der Waals surface area contributed by atoms with Crippen LogP contribution in [-0.2, 0) is 17.8 Å². The summed E-state index contributed by atoms with van der Waals surface area (Å²) >= 11 is 0. The second-order valence-electron chi connectivity index (χ2n) is 6.68. The summed E-state index contributed by atoms with van der Waals surface area (Å²) in [4.78, 5) is 38.3. The predicted molar refractivity (Wildman–Crippen MR) is 107 cm³/mol. The van der Waals surface area contributed by atoms with E-state index in [9.17, 15) is 14.0 Å². The van der Waals surface area contributed by atoms with E-state index in [-0.39, 0.29) is 36.0 Å². The van der Waals surface area contributed by atoms with Crippen LogP contribution in [0.3, 0.4) is 0 Å². The van der Waals surface area contributed by atoms with Crippen LogP contribution in [0.25, 0.3) is 0 Å². The molecule has 3 aromatic rings. The van der Waals surface area contributed by atoms with Crippen LogP contribution in [0.15, 0.2) is 54.6 Å². The summed E-state index contributed by atoms with van der Waals surface area (Å²) in [7, 11) is 0. The Bertz CT molecular complexity index is 1080. The van der Waals surface area contributed by atoms with E-state index in [0.717, 1.165) is 10.5 Å². The molecule has 1 aliphatic rings. The van der Waals surface area contributed by atoms with Crippen molar-refractivity contribution in [2.75, 3.05) is 11.1 Å². The minimum Gasteiger partial charge on any atom is -0.368 e. The number of halogens is 1. The van der Waals surface area contributed by atoms with Crippen molar-refractivity contribution in [3.63, 3.8) is 0 Å². The van der Waals surface area contributed by atoms with Crippen LogP contribution in [0.2, 0.25) is 0 Å². The Morgan fingerprint density at radius 1 is 1.03 bits per heavy atom. The minimum absolute atomic E-state index is 0.0718. The van der Waals surface area contributed by atoms with Gasteiger partial charge in [-0.25, -0.2) is 9.18 Å². The van der Waals surface area contributed by atoms with Crippen molar-refractivity contribution < 1.29 is 14.0 Å². The quantitative estimate of drug-likeness (QED) is 0.534. The average molecular weight is 407 g/mol. The van der Waals surface area contributed by atoms with Crippen LogP contribution in [0.5, 0.6) is 0 Å². The number of nitrogens with zero attached hydrogens (tertiary/aromatic N) is 4. The lowest BCUT2D eigenvalue weighted by Gasteiger charge is -2.13. The van der Waals surface area contributed by atoms with Crippen molar-refractivity contribution in [1.82, 2.24) is 25.2 Å². The van der Waals surface area contributed by atoms with Gasteiger partial charge in [-0.1, -0.05) is 30.3 Å². The Kier molecular flexibility index (Phi) is 5.21. The number of nitrogens with one attached hydrogen (secondary N) is 2. The van der Waals surface area contributed by atoms with Crippen LogP contribution in [0.1, 0.15) is 11.4 Å². The lowest BCUT2D eigenvalue weighted by molar-refractivity contribution is -0.127. The number of carbonyl (C=O) groups is 2. The molecule has 0 aliphatic carbocycles. The van der Waals surface area contributed by atoms with E-state index in [1.54, 1.807) is 0 Å². The summed E-state index contributed by atoms with van der Waals surface area (Å²) < 4.78 is 13.1. The molecule has 4 rings (SSSR count). The number of carbonyl (C=O) groups excluding carboxylic acids is 2. The number of anilines is 3. The zero-order valence-corrected chi connectivity index (χ0v) is 15.7. The molecule has 1 unspecified atom stereocenters. The van der Waals surface area contributed by atoms with Crippen molar-refractivity contribution >= 4 is 29.5 Å². The van der Waals surface area contributed by atoms with Crippen LogP contribution >= 0.6 is 0 Å². The monoisotopic (exact) mass is 407 g/mol. The number of amides is 3. The molecular formula is C20H18FN7O2. The highest BCUT2D eigenvalue weighted by molar-refractivity contribution is 6.04. The van der Waals surface area contributed by atoms with Gasteiger partial charge in [-0.15, -0.1) is 0 Å². The molecule has 10 heteroatoms. The van der Waals surface area contributed by atoms with Crippen LogP contribution in [0.4, 0.5) is 26.8 Å². The van der Waals surface area contributed by atoms with Gasteiger partial charge in [0.25, 0.3) is 5.91 Å². The van der Waals surface area contributed by atoms with Gasteiger partial charge >= 0.3 is 6.03 Å². The summed E-state index contributed by atoms with van der Waals surface area (Å²) in [6, 6.07) is 13.8. The Morgan fingerprint density at radius 3 is 2.50 bits per heavy atom. The first-order valence-electron chi connectivity index (χ1n) is 9.17. The molecule has 0 bridgehead atoms. The van der Waals surface area contributed by atoms with Crippen LogP contribution in [0, 0.1) is 5.82 Å². The number of benzene rings is 2. The molecule has 3 amide bonds. The Balaban J connectivity index is 1.48. The normalized spacial score (nSPS) is 15.9. The molecule has 1 atom stereocenters. The van der Waals surface area contributed by atoms with E-state index in [2.05, 4.69) is 25.6 Å². The Morgan fingerprint density at radius 2 is 1.77 bits per heavy atom. The van der Waals surface area contributed by atoms with Gasteiger partial charge < -0.3 is 16.4 Å². The average Bonchev–Trinajstić information content (AvgIpc) is 2.97. The zero-order valence-electron chi connectivity index (χ0n) is 15.7. The number of nitrogen functional groups attached to an aromatic ring is 1. The van der Waals surface area contributed by atoms with Gasteiger partial charge in [0.2, 0.25) is 11.9 Å². The van der Waals surface area contributed by atoms with E-state index >= 15 is 0 Å². The Hall–Kier alpha value is -4.08. The van der Waals surface area contributed by atoms with Crippen LogP contribution in [-0.4, -0.2) is 37.8 Å². The standard InChI is InChI=1S/C20H18FN7O2/c21-13-6-8-14(9-7-13)23-19-26-16(25-18(22)27-19)11-28-17(29)15(24-20(28)30)10-12-4-2-1-3-5-12/h1-9,15H,10-11H2,(H,24,30)(H3,22,23,25,26,27). The molecule has 1 aliphatic heterocycles. The molecule has 1 saturated heterocycles. The van der Waals surface area contributed by atoms with E-state index < -0.39 is 12.1 Å². The van der Waals surface area contributed by atoms with Crippen molar-refractivity contribution in [2.45, 2.75) is 19.0 Å². The molecular weight excluding hydrogens is 389 g/mol. The first kappa shape index (κ1) is 19.2. The van der Waals surface area contributed by atoms with Gasteiger partial charge in [0.05, 0.1) is 6.54 Å². The van der Waals surface area contributed by atoms with Crippen molar-refractivity contribution in [3.8, 4) is 0 Å². The fourth-order valence-corrected chi connectivity index (χ4v) is 3.08. The largest absolute Gasteiger partial charge is 0.368 e. The van der Waals surface area contributed by atoms with Crippen molar-refractivity contribution in [2.24, 2.45) is 0 Å². The second kappa shape index (κ2) is 8.11. The fourth-order valence-electron chi connectivity index (χ4n) is 3.08. The van der Waals surface area contributed by atoms with E-state index in [0.29, 0.717) is 12.1 Å². The summed E-state index contributed by atoms with van der Waals surface area (Å²) in [6.45, 7) is -0.152. The second-order valence-corrected chi connectivity index (χ2v) is 6.68. The van der Waals surface area contributed by atoms with E-state index in [4.69, 9.17) is 5.73 Å². The van der Waals surface area contributed by atoms with Gasteiger partial charge in [0, 0.05) is 12.1 Å². The van der Waals surface area contributed by atoms with E-state index in [1.165, 1.54) is 24.3 Å². The molecule has 1 aromatic heterocycles. The maximum Gasteiger partial charge on any atom is 0.325 e. The highest BCUT2D eigenvalue weighted by Crippen LogP contribution is 2.17. The van der Waals surface area contributed by atoms with Gasteiger partial charge in [-0.2, -0.15) is 15.0 Å². The molecule has 152 valence electrons. The third kappa shape index (κ3) is 4.32. The summed E-state index contributed by atoms with van der Waals surface area (Å²) in [5.41, 5.74) is 7.23. The third-order valence-electron chi connectivity index (χ3n) is 4.49. The number of aromatic nitrogens is 3. The number of imide groups is 1. The van der Waals surface area contributed by atoms with Gasteiger partial charge in [0.1, 0.15) is 11.9 Å². The smallest absolute Gasteiger partial charge is 0.325 e. The molecule has 2 aromatic carbocycles. The first-order valence-corrected chi connectivity index (χ1v) is 9.17. The molecule has 0 radical (unpaired) electrons. The van der Waals surface area contributed by atoms with Gasteiger partial charge in [-0.05, 0) is 29.8 Å². The maximum absolute atomic E-state index is 13.1. The summed E-state index contributed by atoms with van der Waals surface area (Å²) in [6.07, 6.45) is 0.388. The minimum atomic E-state index is -0.657. The number of urea groups is 1. The van der Waals surface area contributed by atoms with Crippen LogP contribution < -0.4 is 16.4 Å². The van der Waals surface area contributed by atoms with Crippen molar-refractivity contribution in [1.29, 1.82) is 0 Å². The molecule has 2 heterocycles. The summed E-state index contributed by atoms with van der Waals surface area (Å²) in [5, 5.41) is 5.57. The van der Waals surface area contributed by atoms with Crippen molar-refractivity contribution in [3.05, 3.63) is 71.8 Å². The lowest BCUT2D eigenvalue weighted by atomic mass is 10.1. The first-order chi connectivity index (χ1) is 14.5. The fraction of sp³-hybridized carbons (Fsp3) is 0.150.